The van der Waals surface area contributed by atoms with Gasteiger partial charge in [0.15, 0.2) is 0 Å². The van der Waals surface area contributed by atoms with Crippen LogP contribution in [0, 0.1) is 13.8 Å². The van der Waals surface area contributed by atoms with Gasteiger partial charge in [-0.15, -0.1) is 0 Å². The zero-order valence-corrected chi connectivity index (χ0v) is 17.7. The first-order valence-electron chi connectivity index (χ1n) is 10.8. The van der Waals surface area contributed by atoms with Gasteiger partial charge in [-0.3, -0.25) is 19.7 Å². The monoisotopic (exact) mass is 404 g/mol. The zero-order valence-electron chi connectivity index (χ0n) is 17.7. The van der Waals surface area contributed by atoms with Crippen LogP contribution < -0.4 is 10.5 Å². The van der Waals surface area contributed by atoms with Crippen LogP contribution in [0.3, 0.4) is 0 Å². The number of nitrogens with one attached hydrogen (secondary N) is 1. The average Bonchev–Trinajstić information content (AvgIpc) is 3.37. The van der Waals surface area contributed by atoms with Gasteiger partial charge >= 0.3 is 0 Å². The van der Waals surface area contributed by atoms with E-state index in [0.29, 0.717) is 0 Å². The van der Waals surface area contributed by atoms with Crippen molar-refractivity contribution in [2.45, 2.75) is 46.2 Å². The molecule has 0 saturated carbocycles. The molecule has 0 radical (unpaired) electrons. The molecule has 0 bridgehead atoms. The van der Waals surface area contributed by atoms with Crippen LogP contribution in [0.15, 0.2) is 35.4 Å². The van der Waals surface area contributed by atoms with Gasteiger partial charge in [0.05, 0.1) is 17.6 Å². The van der Waals surface area contributed by atoms with E-state index >= 15 is 0 Å². The van der Waals surface area contributed by atoms with Gasteiger partial charge in [-0.2, -0.15) is 0 Å². The maximum Gasteiger partial charge on any atom is 0.255 e. The SMILES string of the molecule is Cc1cc(CN2CCc3c(nc(N4CCCC4)[nH]c3=O)C2)c(C)n1-c1cccnc1. The molecule has 2 aliphatic rings. The molecule has 156 valence electrons. The second-order valence-electron chi connectivity index (χ2n) is 8.41. The zero-order chi connectivity index (χ0) is 20.7. The Hall–Kier alpha value is -2.93. The quantitative estimate of drug-likeness (QED) is 0.724. The molecule has 1 N–H and O–H groups in total. The highest BCUT2D eigenvalue weighted by Crippen LogP contribution is 2.24. The Kier molecular flexibility index (Phi) is 4.90. The maximum atomic E-state index is 12.6. The van der Waals surface area contributed by atoms with Crippen molar-refractivity contribution in [2.75, 3.05) is 24.5 Å². The molecule has 2 aliphatic heterocycles. The largest absolute Gasteiger partial charge is 0.342 e. The molecule has 7 heteroatoms. The minimum atomic E-state index is 0.0382. The van der Waals surface area contributed by atoms with Crippen molar-refractivity contribution in [3.05, 3.63) is 69.2 Å². The van der Waals surface area contributed by atoms with Gasteiger partial charge in [0, 0.05) is 55.9 Å². The van der Waals surface area contributed by atoms with E-state index in [4.69, 9.17) is 4.98 Å². The van der Waals surface area contributed by atoms with E-state index in [9.17, 15) is 4.79 Å². The first-order chi connectivity index (χ1) is 14.6. The van der Waals surface area contributed by atoms with Gasteiger partial charge in [0.25, 0.3) is 5.56 Å². The minimum absolute atomic E-state index is 0.0382. The van der Waals surface area contributed by atoms with E-state index in [-0.39, 0.29) is 5.56 Å². The Balaban J connectivity index is 1.39. The number of anilines is 1. The first kappa shape index (κ1) is 19.1. The molecular weight excluding hydrogens is 376 g/mol. The van der Waals surface area contributed by atoms with Crippen LogP contribution >= 0.6 is 0 Å². The van der Waals surface area contributed by atoms with E-state index < -0.39 is 0 Å². The number of H-pyrrole nitrogens is 1. The van der Waals surface area contributed by atoms with Crippen LogP contribution in [0.25, 0.3) is 5.69 Å². The van der Waals surface area contributed by atoms with E-state index in [0.717, 1.165) is 62.0 Å². The van der Waals surface area contributed by atoms with Crippen molar-refractivity contribution >= 4 is 5.95 Å². The number of nitrogens with zero attached hydrogens (tertiary/aromatic N) is 5. The lowest BCUT2D eigenvalue weighted by atomic mass is 10.1. The molecule has 30 heavy (non-hydrogen) atoms. The fourth-order valence-electron chi connectivity index (χ4n) is 4.81. The molecule has 0 spiro atoms. The van der Waals surface area contributed by atoms with Gasteiger partial charge < -0.3 is 9.47 Å². The summed E-state index contributed by atoms with van der Waals surface area (Å²) in [5.74, 6) is 0.743. The Morgan fingerprint density at radius 3 is 2.77 bits per heavy atom. The summed E-state index contributed by atoms with van der Waals surface area (Å²) in [6.45, 7) is 8.71. The number of hydrogen-bond acceptors (Lipinski definition) is 5. The summed E-state index contributed by atoms with van der Waals surface area (Å²) in [7, 11) is 0. The molecule has 0 aliphatic carbocycles. The predicted octanol–water partition coefficient (Wildman–Crippen LogP) is 2.73. The van der Waals surface area contributed by atoms with Gasteiger partial charge in [0.2, 0.25) is 5.95 Å². The van der Waals surface area contributed by atoms with E-state index in [1.54, 1.807) is 6.20 Å². The molecule has 1 fully saturated rings. The Morgan fingerprint density at radius 2 is 2.00 bits per heavy atom. The fourth-order valence-corrected chi connectivity index (χ4v) is 4.81. The third-order valence-corrected chi connectivity index (χ3v) is 6.38. The Labute approximate surface area is 176 Å². The van der Waals surface area contributed by atoms with Crippen LogP contribution in [-0.4, -0.2) is 44.1 Å². The summed E-state index contributed by atoms with van der Waals surface area (Å²) in [6.07, 6.45) is 6.78. The second kappa shape index (κ2) is 7.72. The van der Waals surface area contributed by atoms with Gasteiger partial charge in [-0.05, 0) is 56.9 Å². The molecular formula is C23H28N6O. The molecule has 0 aromatic carbocycles. The van der Waals surface area contributed by atoms with E-state index in [1.807, 2.05) is 12.3 Å². The summed E-state index contributed by atoms with van der Waals surface area (Å²) in [5, 5.41) is 0. The highest BCUT2D eigenvalue weighted by molar-refractivity contribution is 5.40. The van der Waals surface area contributed by atoms with Crippen LogP contribution in [0.4, 0.5) is 5.95 Å². The van der Waals surface area contributed by atoms with Crippen molar-refractivity contribution in [2.24, 2.45) is 0 Å². The van der Waals surface area contributed by atoms with Crippen molar-refractivity contribution in [1.82, 2.24) is 24.4 Å². The van der Waals surface area contributed by atoms with Gasteiger partial charge in [-0.1, -0.05) is 0 Å². The third kappa shape index (κ3) is 3.43. The average molecular weight is 405 g/mol. The summed E-state index contributed by atoms with van der Waals surface area (Å²) in [6, 6.07) is 6.32. The summed E-state index contributed by atoms with van der Waals surface area (Å²) in [4.78, 5) is 29.3. The molecule has 3 aromatic heterocycles. The standard InChI is InChI=1S/C23H28N6O/c1-16-12-18(17(2)29(16)19-6-5-8-24-13-19)14-27-11-7-20-21(15-27)25-23(26-22(20)30)28-9-3-4-10-28/h5-6,8,12-13H,3-4,7,9-11,14-15H2,1-2H3,(H,25,26,30). The number of pyridine rings is 1. The van der Waals surface area contributed by atoms with Crippen molar-refractivity contribution < 1.29 is 0 Å². The number of aromatic nitrogens is 4. The number of aromatic amines is 1. The van der Waals surface area contributed by atoms with Crippen LogP contribution in [0.2, 0.25) is 0 Å². The lowest BCUT2D eigenvalue weighted by Gasteiger charge is -2.28. The third-order valence-electron chi connectivity index (χ3n) is 6.38. The highest BCUT2D eigenvalue weighted by atomic mass is 16.1. The maximum absolute atomic E-state index is 12.6. The molecule has 0 atom stereocenters. The summed E-state index contributed by atoms with van der Waals surface area (Å²) in [5.41, 5.74) is 6.68. The van der Waals surface area contributed by atoms with E-state index in [1.165, 1.54) is 29.8 Å². The number of rotatable bonds is 4. The molecule has 1 saturated heterocycles. The van der Waals surface area contributed by atoms with Gasteiger partial charge in [-0.25, -0.2) is 4.98 Å². The molecule has 0 unspecified atom stereocenters. The van der Waals surface area contributed by atoms with Crippen molar-refractivity contribution in [1.29, 1.82) is 0 Å². The van der Waals surface area contributed by atoms with E-state index in [2.05, 4.69) is 50.3 Å². The van der Waals surface area contributed by atoms with Crippen LogP contribution in [-0.2, 0) is 19.5 Å². The topological polar surface area (TPSA) is 70.1 Å². The Morgan fingerprint density at radius 1 is 1.17 bits per heavy atom. The van der Waals surface area contributed by atoms with Crippen LogP contribution in [0.5, 0.6) is 0 Å². The van der Waals surface area contributed by atoms with Gasteiger partial charge in [0.1, 0.15) is 0 Å². The predicted molar refractivity (Wildman–Crippen MR) is 117 cm³/mol. The number of aryl methyl sites for hydroxylation is 1. The molecule has 5 heterocycles. The van der Waals surface area contributed by atoms with Crippen molar-refractivity contribution in [3.8, 4) is 5.69 Å². The number of hydrogen-bond donors (Lipinski definition) is 1. The highest BCUT2D eigenvalue weighted by Gasteiger charge is 2.24. The number of fused-ring (bicyclic) bond motifs is 1. The normalized spacial score (nSPS) is 16.8. The lowest BCUT2D eigenvalue weighted by Crippen LogP contribution is -2.36. The smallest absolute Gasteiger partial charge is 0.255 e. The molecule has 0 amide bonds. The Bertz CT molecular complexity index is 1110. The molecule has 5 rings (SSSR count). The summed E-state index contributed by atoms with van der Waals surface area (Å²) < 4.78 is 2.26. The lowest BCUT2D eigenvalue weighted by molar-refractivity contribution is 0.240. The van der Waals surface area contributed by atoms with Crippen molar-refractivity contribution in [3.63, 3.8) is 0 Å². The first-order valence-corrected chi connectivity index (χ1v) is 10.8. The minimum Gasteiger partial charge on any atom is -0.342 e. The second-order valence-corrected chi connectivity index (χ2v) is 8.41. The van der Waals surface area contributed by atoms with Crippen LogP contribution in [0.1, 0.15) is 41.1 Å². The fraction of sp³-hybridized carbons (Fsp3) is 0.435. The molecule has 7 nitrogen and oxygen atoms in total. The molecule has 3 aromatic rings. The summed E-state index contributed by atoms with van der Waals surface area (Å²) >= 11 is 0.